The number of thiazole rings is 1. The monoisotopic (exact) mass is 321 g/mol. The van der Waals surface area contributed by atoms with E-state index in [4.69, 9.17) is 5.26 Å². The molecule has 0 spiro atoms. The summed E-state index contributed by atoms with van der Waals surface area (Å²) < 4.78 is 0.809. The Labute approximate surface area is 119 Å². The zero-order valence-corrected chi connectivity index (χ0v) is 12.3. The molecule has 1 aromatic carbocycles. The van der Waals surface area contributed by atoms with Gasteiger partial charge in [0.25, 0.3) is 0 Å². The summed E-state index contributed by atoms with van der Waals surface area (Å²) in [6, 6.07) is 7.73. The molecular formula is C13H12BrN3S. The highest BCUT2D eigenvalue weighted by molar-refractivity contribution is 9.10. The molecule has 0 saturated carbocycles. The summed E-state index contributed by atoms with van der Waals surface area (Å²) in [5.74, 6) is 0. The first kappa shape index (κ1) is 13.1. The molecular weight excluding hydrogens is 310 g/mol. The lowest BCUT2D eigenvalue weighted by molar-refractivity contribution is 1.09. The molecule has 2 aromatic rings. The number of nitrogens with zero attached hydrogens (tertiary/aromatic N) is 2. The minimum absolute atomic E-state index is 0.642. The first-order valence-corrected chi connectivity index (χ1v) is 7.21. The Balaban J connectivity index is 2.02. The van der Waals surface area contributed by atoms with Crippen molar-refractivity contribution < 1.29 is 0 Å². The second kappa shape index (κ2) is 5.98. The van der Waals surface area contributed by atoms with Crippen molar-refractivity contribution in [1.82, 2.24) is 4.98 Å². The lowest BCUT2D eigenvalue weighted by Crippen LogP contribution is -1.98. The average molecular weight is 322 g/mol. The minimum Gasteiger partial charge on any atom is -0.378 e. The molecule has 0 aliphatic carbocycles. The van der Waals surface area contributed by atoms with E-state index in [2.05, 4.69) is 39.2 Å². The lowest BCUT2D eigenvalue weighted by atomic mass is 10.2. The Hall–Kier alpha value is -1.38. The Morgan fingerprint density at radius 1 is 1.50 bits per heavy atom. The van der Waals surface area contributed by atoms with Crippen LogP contribution in [0, 0.1) is 11.3 Å². The fourth-order valence-corrected chi connectivity index (χ4v) is 2.76. The van der Waals surface area contributed by atoms with Crippen LogP contribution in [0.15, 0.2) is 28.9 Å². The molecule has 2 rings (SSSR count). The number of benzene rings is 1. The van der Waals surface area contributed by atoms with E-state index in [0.717, 1.165) is 21.6 Å². The normalized spacial score (nSPS) is 10.1. The van der Waals surface area contributed by atoms with Gasteiger partial charge in [-0.15, -0.1) is 11.3 Å². The molecule has 1 N–H and O–H groups in total. The zero-order chi connectivity index (χ0) is 13.0. The van der Waals surface area contributed by atoms with Gasteiger partial charge in [0.1, 0.15) is 11.1 Å². The summed E-state index contributed by atoms with van der Waals surface area (Å²) in [5.41, 5.74) is 1.62. The largest absolute Gasteiger partial charge is 0.378 e. The van der Waals surface area contributed by atoms with Crippen molar-refractivity contribution in [3.8, 4) is 6.07 Å². The molecule has 3 nitrogen and oxygen atoms in total. The summed E-state index contributed by atoms with van der Waals surface area (Å²) in [6.45, 7) is 2.84. The smallest absolute Gasteiger partial charge is 0.112 e. The van der Waals surface area contributed by atoms with Crippen molar-refractivity contribution in [3.63, 3.8) is 0 Å². The van der Waals surface area contributed by atoms with Gasteiger partial charge in [0.2, 0.25) is 0 Å². The third kappa shape index (κ3) is 3.09. The molecule has 92 valence electrons. The second-order valence-electron chi connectivity index (χ2n) is 3.73. The highest BCUT2D eigenvalue weighted by Gasteiger charge is 2.03. The second-order valence-corrected chi connectivity index (χ2v) is 5.79. The van der Waals surface area contributed by atoms with Gasteiger partial charge in [-0.1, -0.05) is 6.92 Å². The van der Waals surface area contributed by atoms with Crippen LogP contribution in [0.5, 0.6) is 0 Å². The van der Waals surface area contributed by atoms with E-state index in [1.165, 1.54) is 4.88 Å². The summed E-state index contributed by atoms with van der Waals surface area (Å²) in [5, 5.41) is 13.2. The summed E-state index contributed by atoms with van der Waals surface area (Å²) >= 11 is 5.10. The molecule has 0 saturated heterocycles. The highest BCUT2D eigenvalue weighted by Crippen LogP contribution is 2.22. The maximum atomic E-state index is 8.84. The lowest BCUT2D eigenvalue weighted by Gasteiger charge is -2.05. The average Bonchev–Trinajstić information content (AvgIpc) is 2.84. The first-order chi connectivity index (χ1) is 8.72. The number of rotatable bonds is 4. The van der Waals surface area contributed by atoms with Gasteiger partial charge < -0.3 is 5.32 Å². The third-order valence-corrected chi connectivity index (χ3v) is 4.28. The van der Waals surface area contributed by atoms with Crippen LogP contribution in [-0.4, -0.2) is 4.98 Å². The topological polar surface area (TPSA) is 48.7 Å². The first-order valence-electron chi connectivity index (χ1n) is 5.60. The van der Waals surface area contributed by atoms with Crippen LogP contribution < -0.4 is 5.32 Å². The number of anilines is 1. The predicted octanol–water partition coefficient (Wildman–Crippen LogP) is 3.95. The minimum atomic E-state index is 0.642. The van der Waals surface area contributed by atoms with Crippen LogP contribution >= 0.6 is 27.3 Å². The number of aryl methyl sites for hydroxylation is 1. The number of nitrogens with one attached hydrogen (secondary N) is 1. The molecule has 1 aromatic heterocycles. The van der Waals surface area contributed by atoms with Crippen molar-refractivity contribution in [1.29, 1.82) is 5.26 Å². The molecule has 0 fully saturated rings. The quantitative estimate of drug-likeness (QED) is 0.927. The molecule has 1 heterocycles. The number of hydrogen-bond acceptors (Lipinski definition) is 4. The molecule has 0 amide bonds. The van der Waals surface area contributed by atoms with Gasteiger partial charge in [-0.3, -0.25) is 0 Å². The van der Waals surface area contributed by atoms with E-state index in [9.17, 15) is 0 Å². The van der Waals surface area contributed by atoms with Gasteiger partial charge in [-0.2, -0.15) is 5.26 Å². The van der Waals surface area contributed by atoms with Gasteiger partial charge >= 0.3 is 0 Å². The Morgan fingerprint density at radius 2 is 2.33 bits per heavy atom. The van der Waals surface area contributed by atoms with E-state index < -0.39 is 0 Å². The van der Waals surface area contributed by atoms with Crippen LogP contribution in [-0.2, 0) is 13.0 Å². The number of aromatic nitrogens is 1. The van der Waals surface area contributed by atoms with Crippen LogP contribution in [0.3, 0.4) is 0 Å². The van der Waals surface area contributed by atoms with E-state index >= 15 is 0 Å². The zero-order valence-electron chi connectivity index (χ0n) is 9.90. The van der Waals surface area contributed by atoms with Crippen molar-refractivity contribution in [2.24, 2.45) is 0 Å². The highest BCUT2D eigenvalue weighted by atomic mass is 79.9. The van der Waals surface area contributed by atoms with Crippen molar-refractivity contribution in [2.75, 3.05) is 5.32 Å². The Bertz CT molecular complexity index is 586. The standard InChI is InChI=1S/C13H12BrN3S/c1-2-11-7-17-13(18-11)8-16-10-4-3-9(6-15)12(14)5-10/h3-5,7,16H,2,8H2,1H3. The summed E-state index contributed by atoms with van der Waals surface area (Å²) in [6.07, 6.45) is 2.95. The molecule has 0 atom stereocenters. The fourth-order valence-electron chi connectivity index (χ4n) is 1.49. The maximum Gasteiger partial charge on any atom is 0.112 e. The van der Waals surface area contributed by atoms with E-state index in [1.807, 2.05) is 18.3 Å². The van der Waals surface area contributed by atoms with Crippen molar-refractivity contribution >= 4 is 33.0 Å². The van der Waals surface area contributed by atoms with E-state index in [1.54, 1.807) is 17.4 Å². The van der Waals surface area contributed by atoms with Gasteiger partial charge in [-0.25, -0.2) is 4.98 Å². The van der Waals surface area contributed by atoms with E-state index in [-0.39, 0.29) is 0 Å². The van der Waals surface area contributed by atoms with Crippen LogP contribution in [0.4, 0.5) is 5.69 Å². The third-order valence-electron chi connectivity index (χ3n) is 2.48. The molecule has 0 aliphatic heterocycles. The molecule has 5 heteroatoms. The van der Waals surface area contributed by atoms with Gasteiger partial charge in [0.15, 0.2) is 0 Å². The van der Waals surface area contributed by atoms with Gasteiger partial charge in [0, 0.05) is 21.2 Å². The summed E-state index contributed by atoms with van der Waals surface area (Å²) in [4.78, 5) is 5.65. The molecule has 18 heavy (non-hydrogen) atoms. The number of nitriles is 1. The van der Waals surface area contributed by atoms with Crippen molar-refractivity contribution in [3.05, 3.63) is 44.3 Å². The Kier molecular flexibility index (Phi) is 4.34. The van der Waals surface area contributed by atoms with Gasteiger partial charge in [-0.05, 0) is 40.5 Å². The Morgan fingerprint density at radius 3 is 2.94 bits per heavy atom. The predicted molar refractivity (Wildman–Crippen MR) is 77.7 cm³/mol. The van der Waals surface area contributed by atoms with Crippen LogP contribution in [0.2, 0.25) is 0 Å². The molecule has 0 aliphatic rings. The fraction of sp³-hybridized carbons (Fsp3) is 0.231. The summed E-state index contributed by atoms with van der Waals surface area (Å²) in [7, 11) is 0. The van der Waals surface area contributed by atoms with Gasteiger partial charge in [0.05, 0.1) is 12.1 Å². The van der Waals surface area contributed by atoms with E-state index in [0.29, 0.717) is 12.1 Å². The molecule has 0 radical (unpaired) electrons. The van der Waals surface area contributed by atoms with Crippen LogP contribution in [0.1, 0.15) is 22.4 Å². The number of halogens is 1. The van der Waals surface area contributed by atoms with Crippen LogP contribution in [0.25, 0.3) is 0 Å². The molecule has 0 unspecified atom stereocenters. The molecule has 0 bridgehead atoms. The SMILES string of the molecule is CCc1cnc(CNc2ccc(C#N)c(Br)c2)s1. The maximum absolute atomic E-state index is 8.84. The van der Waals surface area contributed by atoms with Crippen molar-refractivity contribution in [2.45, 2.75) is 19.9 Å². The number of hydrogen-bond donors (Lipinski definition) is 1.